The van der Waals surface area contributed by atoms with E-state index in [2.05, 4.69) is 26.1 Å². The first kappa shape index (κ1) is 14.5. The van der Waals surface area contributed by atoms with Gasteiger partial charge in [-0.1, -0.05) is 45.7 Å². The fourth-order valence-corrected chi connectivity index (χ4v) is 2.72. The number of nitrogens with one attached hydrogen (secondary N) is 1. The average molecular weight is 263 g/mol. The van der Waals surface area contributed by atoms with Crippen LogP contribution < -0.4 is 5.32 Å². The van der Waals surface area contributed by atoms with Crippen LogP contribution in [-0.4, -0.2) is 12.6 Å². The molecule has 1 aliphatic carbocycles. The molecule has 0 aromatic heterocycles. The zero-order valence-corrected chi connectivity index (χ0v) is 12.4. The standard InChI is InChI=1S/C17H26FN/c1-4-11-19-16(12-13-5-6-13)17(2,3)14-7-9-15(18)10-8-14/h7-10,13,16,19H,4-6,11-12H2,1-3H3. The van der Waals surface area contributed by atoms with Gasteiger partial charge in [0.1, 0.15) is 5.82 Å². The monoisotopic (exact) mass is 263 g/mol. The van der Waals surface area contributed by atoms with Crippen LogP contribution in [0.15, 0.2) is 24.3 Å². The van der Waals surface area contributed by atoms with Crippen LogP contribution in [0.4, 0.5) is 4.39 Å². The summed E-state index contributed by atoms with van der Waals surface area (Å²) in [5.41, 5.74) is 1.27. The van der Waals surface area contributed by atoms with Gasteiger partial charge in [-0.25, -0.2) is 4.39 Å². The quantitative estimate of drug-likeness (QED) is 0.774. The summed E-state index contributed by atoms with van der Waals surface area (Å²) < 4.78 is 13.1. The third kappa shape index (κ3) is 3.79. The van der Waals surface area contributed by atoms with Crippen LogP contribution in [0.5, 0.6) is 0 Å². The predicted octanol–water partition coefficient (Wildman–Crippen LogP) is 4.27. The largest absolute Gasteiger partial charge is 0.313 e. The maximum atomic E-state index is 13.1. The maximum absolute atomic E-state index is 13.1. The first-order valence-electron chi connectivity index (χ1n) is 7.53. The van der Waals surface area contributed by atoms with E-state index in [0.717, 1.165) is 18.9 Å². The van der Waals surface area contributed by atoms with Crippen molar-refractivity contribution in [2.75, 3.05) is 6.54 Å². The van der Waals surface area contributed by atoms with Gasteiger partial charge in [-0.3, -0.25) is 0 Å². The minimum atomic E-state index is -0.153. The summed E-state index contributed by atoms with van der Waals surface area (Å²) in [4.78, 5) is 0. The highest BCUT2D eigenvalue weighted by Crippen LogP contribution is 2.39. The zero-order chi connectivity index (χ0) is 13.9. The van der Waals surface area contributed by atoms with Crippen LogP contribution in [0.25, 0.3) is 0 Å². The molecular weight excluding hydrogens is 237 g/mol. The summed E-state index contributed by atoms with van der Waals surface area (Å²) in [6, 6.07) is 7.49. The number of halogens is 1. The number of hydrogen-bond acceptors (Lipinski definition) is 1. The molecule has 1 saturated carbocycles. The van der Waals surface area contributed by atoms with Gasteiger partial charge >= 0.3 is 0 Å². The fraction of sp³-hybridized carbons (Fsp3) is 0.647. The van der Waals surface area contributed by atoms with Crippen LogP contribution in [0.2, 0.25) is 0 Å². The molecule has 0 amide bonds. The van der Waals surface area contributed by atoms with Gasteiger partial charge in [0, 0.05) is 11.5 Å². The third-order valence-corrected chi connectivity index (χ3v) is 4.37. The highest BCUT2D eigenvalue weighted by Gasteiger charge is 2.35. The molecule has 0 radical (unpaired) electrons. The molecule has 19 heavy (non-hydrogen) atoms. The minimum absolute atomic E-state index is 0.0471. The van der Waals surface area contributed by atoms with Crippen molar-refractivity contribution in [3.8, 4) is 0 Å². The van der Waals surface area contributed by atoms with E-state index in [-0.39, 0.29) is 11.2 Å². The lowest BCUT2D eigenvalue weighted by molar-refractivity contribution is 0.311. The molecule has 0 saturated heterocycles. The lowest BCUT2D eigenvalue weighted by atomic mass is 9.75. The van der Waals surface area contributed by atoms with E-state index < -0.39 is 0 Å². The Balaban J connectivity index is 2.13. The van der Waals surface area contributed by atoms with Gasteiger partial charge in [-0.15, -0.1) is 0 Å². The average Bonchev–Trinajstić information content (AvgIpc) is 3.18. The Hall–Kier alpha value is -0.890. The molecule has 0 aliphatic heterocycles. The lowest BCUT2D eigenvalue weighted by Crippen LogP contribution is -2.45. The minimum Gasteiger partial charge on any atom is -0.313 e. The van der Waals surface area contributed by atoms with Crippen molar-refractivity contribution in [1.29, 1.82) is 0 Å². The van der Waals surface area contributed by atoms with Crippen LogP contribution >= 0.6 is 0 Å². The van der Waals surface area contributed by atoms with Gasteiger partial charge < -0.3 is 5.32 Å². The second kappa shape index (κ2) is 6.04. The smallest absolute Gasteiger partial charge is 0.123 e. The summed E-state index contributed by atoms with van der Waals surface area (Å²) in [5.74, 6) is 0.744. The Kier molecular flexibility index (Phi) is 4.62. The Morgan fingerprint density at radius 2 is 1.89 bits per heavy atom. The topological polar surface area (TPSA) is 12.0 Å². The van der Waals surface area contributed by atoms with Gasteiger partial charge in [0.2, 0.25) is 0 Å². The number of benzene rings is 1. The molecular formula is C17H26FN. The van der Waals surface area contributed by atoms with Crippen molar-refractivity contribution >= 4 is 0 Å². The predicted molar refractivity (Wildman–Crippen MR) is 78.8 cm³/mol. The normalized spacial score (nSPS) is 17.5. The van der Waals surface area contributed by atoms with Gasteiger partial charge in [-0.05, 0) is 43.0 Å². The molecule has 1 nitrogen and oxygen atoms in total. The van der Waals surface area contributed by atoms with Crippen LogP contribution in [-0.2, 0) is 5.41 Å². The van der Waals surface area contributed by atoms with E-state index in [9.17, 15) is 4.39 Å². The van der Waals surface area contributed by atoms with E-state index in [1.165, 1.54) is 24.8 Å². The summed E-state index contributed by atoms with van der Waals surface area (Å²) in [7, 11) is 0. The molecule has 0 bridgehead atoms. The molecule has 1 aliphatic rings. The first-order chi connectivity index (χ1) is 9.04. The van der Waals surface area contributed by atoms with E-state index in [1.54, 1.807) is 12.1 Å². The Labute approximate surface area is 116 Å². The summed E-state index contributed by atoms with van der Waals surface area (Å²) in [5, 5.41) is 3.70. The molecule has 1 fully saturated rings. The van der Waals surface area contributed by atoms with E-state index in [1.807, 2.05) is 12.1 Å². The van der Waals surface area contributed by atoms with Crippen LogP contribution in [0.3, 0.4) is 0 Å². The summed E-state index contributed by atoms with van der Waals surface area (Å²) in [6.07, 6.45) is 5.15. The third-order valence-electron chi connectivity index (χ3n) is 4.37. The van der Waals surface area contributed by atoms with Crippen LogP contribution in [0, 0.1) is 11.7 Å². The molecule has 2 rings (SSSR count). The van der Waals surface area contributed by atoms with Crippen molar-refractivity contribution in [3.05, 3.63) is 35.6 Å². The zero-order valence-electron chi connectivity index (χ0n) is 12.4. The molecule has 0 heterocycles. The van der Waals surface area contributed by atoms with E-state index in [4.69, 9.17) is 0 Å². The Bertz CT molecular complexity index is 392. The van der Waals surface area contributed by atoms with E-state index in [0.29, 0.717) is 6.04 Å². The van der Waals surface area contributed by atoms with Crippen molar-refractivity contribution in [1.82, 2.24) is 5.32 Å². The Morgan fingerprint density at radius 1 is 1.26 bits per heavy atom. The van der Waals surface area contributed by atoms with Crippen molar-refractivity contribution < 1.29 is 4.39 Å². The molecule has 106 valence electrons. The van der Waals surface area contributed by atoms with Crippen molar-refractivity contribution in [2.24, 2.45) is 5.92 Å². The van der Waals surface area contributed by atoms with Gasteiger partial charge in [0.25, 0.3) is 0 Å². The molecule has 2 heteroatoms. The maximum Gasteiger partial charge on any atom is 0.123 e. The molecule has 1 unspecified atom stereocenters. The first-order valence-corrected chi connectivity index (χ1v) is 7.53. The summed E-state index contributed by atoms with van der Waals surface area (Å²) in [6.45, 7) is 7.81. The molecule has 1 atom stereocenters. The second-order valence-electron chi connectivity index (χ2n) is 6.41. The van der Waals surface area contributed by atoms with Gasteiger partial charge in [-0.2, -0.15) is 0 Å². The molecule has 1 aromatic rings. The lowest BCUT2D eigenvalue weighted by Gasteiger charge is -2.36. The van der Waals surface area contributed by atoms with Gasteiger partial charge in [0.15, 0.2) is 0 Å². The van der Waals surface area contributed by atoms with Crippen molar-refractivity contribution in [3.63, 3.8) is 0 Å². The molecule has 1 aromatic carbocycles. The van der Waals surface area contributed by atoms with Gasteiger partial charge in [0.05, 0.1) is 0 Å². The molecule has 1 N–H and O–H groups in total. The van der Waals surface area contributed by atoms with Crippen molar-refractivity contribution in [2.45, 2.75) is 57.9 Å². The highest BCUT2D eigenvalue weighted by molar-refractivity contribution is 5.26. The number of rotatable bonds is 7. The molecule has 0 spiro atoms. The van der Waals surface area contributed by atoms with Crippen LogP contribution in [0.1, 0.15) is 52.0 Å². The Morgan fingerprint density at radius 3 is 2.42 bits per heavy atom. The number of hydrogen-bond donors (Lipinski definition) is 1. The SMILES string of the molecule is CCCNC(CC1CC1)C(C)(C)c1ccc(F)cc1. The summed E-state index contributed by atoms with van der Waals surface area (Å²) >= 11 is 0. The second-order valence-corrected chi connectivity index (χ2v) is 6.41. The fourth-order valence-electron chi connectivity index (χ4n) is 2.72. The highest BCUT2D eigenvalue weighted by atomic mass is 19.1. The van der Waals surface area contributed by atoms with E-state index >= 15 is 0 Å².